The maximum absolute atomic E-state index is 13.2. The fourth-order valence-electron chi connectivity index (χ4n) is 7.63. The molecule has 4 N–H and O–H groups in total. The van der Waals surface area contributed by atoms with Crippen molar-refractivity contribution < 1.29 is 52.4 Å². The van der Waals surface area contributed by atoms with Gasteiger partial charge in [0.25, 0.3) is 11.8 Å². The van der Waals surface area contributed by atoms with E-state index in [4.69, 9.17) is 46.4 Å². The Labute approximate surface area is 357 Å². The van der Waals surface area contributed by atoms with Crippen LogP contribution in [-0.2, 0) is 38.1 Å². The highest BCUT2D eigenvalue weighted by Gasteiger charge is 2.46. The minimum absolute atomic E-state index is 0.0415. The van der Waals surface area contributed by atoms with Crippen LogP contribution in [0.15, 0.2) is 66.9 Å². The molecular weight excluding hydrogens is 807 g/mol. The number of nitrogens with zero attached hydrogens (tertiary/aromatic N) is 2. The molecule has 4 heterocycles. The summed E-state index contributed by atoms with van der Waals surface area (Å²) < 4.78 is 36.0. The second-order valence-electron chi connectivity index (χ2n) is 14.7. The van der Waals surface area contributed by atoms with Crippen LogP contribution in [0.5, 0.6) is 5.75 Å². The summed E-state index contributed by atoms with van der Waals surface area (Å²) in [4.78, 5) is 64.1. The number of benzene rings is 3. The van der Waals surface area contributed by atoms with Gasteiger partial charge in [0.15, 0.2) is 0 Å². The van der Waals surface area contributed by atoms with Crippen LogP contribution >= 0.6 is 12.2 Å². The summed E-state index contributed by atoms with van der Waals surface area (Å²) in [6, 6.07) is 17.8. The second-order valence-corrected chi connectivity index (χ2v) is 15.1. The standard InChI is InChI=1S/C44H49N5O11S/c45-41(61)29-4-1-3-28(25-29)34-27-48(31-11-14-55-15-12-31)36-26-30(7-8-32(34)36)46-39(51)13-16-56-17-18-57-19-20-58-21-22-59-23-24-60-37-6-2-5-33-40(37)44(54)49(43(33)53)35-9-10-38(50)47-42(35)52/h1-8,25-27,31,35H,9-24H2,(H2,45,61)(H,46,51)(H,47,50,52). The first-order valence-corrected chi connectivity index (χ1v) is 20.8. The highest BCUT2D eigenvalue weighted by molar-refractivity contribution is 7.80. The van der Waals surface area contributed by atoms with Crippen molar-refractivity contribution in [1.29, 1.82) is 0 Å². The minimum Gasteiger partial charge on any atom is -0.490 e. The number of piperidine rings is 1. The molecule has 0 radical (unpaired) electrons. The lowest BCUT2D eigenvalue weighted by atomic mass is 10.0. The fourth-order valence-corrected chi connectivity index (χ4v) is 7.76. The van der Waals surface area contributed by atoms with E-state index in [1.165, 1.54) is 6.07 Å². The van der Waals surface area contributed by atoms with Crippen LogP contribution < -0.4 is 21.1 Å². The summed E-state index contributed by atoms with van der Waals surface area (Å²) in [5.74, 6) is -2.27. The zero-order valence-corrected chi connectivity index (χ0v) is 34.5. The number of hydrogen-bond donors (Lipinski definition) is 3. The number of imide groups is 2. The number of hydrogen-bond acceptors (Lipinski definition) is 12. The van der Waals surface area contributed by atoms with Crippen LogP contribution in [0.4, 0.5) is 5.69 Å². The monoisotopic (exact) mass is 855 g/mol. The van der Waals surface area contributed by atoms with Gasteiger partial charge in [-0.15, -0.1) is 0 Å². The molecule has 2 saturated heterocycles. The molecule has 61 heavy (non-hydrogen) atoms. The average molecular weight is 856 g/mol. The zero-order valence-electron chi connectivity index (χ0n) is 33.7. The molecule has 7 rings (SSSR count). The van der Waals surface area contributed by atoms with E-state index in [-0.39, 0.29) is 67.9 Å². The van der Waals surface area contributed by atoms with E-state index in [1.807, 2.05) is 36.4 Å². The van der Waals surface area contributed by atoms with Crippen molar-refractivity contribution in [1.82, 2.24) is 14.8 Å². The van der Waals surface area contributed by atoms with Crippen molar-refractivity contribution >= 4 is 63.3 Å². The quantitative estimate of drug-likeness (QED) is 0.0614. The van der Waals surface area contributed by atoms with Gasteiger partial charge >= 0.3 is 0 Å². The van der Waals surface area contributed by atoms with E-state index < -0.39 is 29.7 Å². The van der Waals surface area contributed by atoms with Crippen LogP contribution in [-0.4, -0.2) is 123 Å². The molecule has 5 amide bonds. The number of aromatic nitrogens is 1. The topological polar surface area (TPSA) is 199 Å². The van der Waals surface area contributed by atoms with Crippen LogP contribution in [0.2, 0.25) is 0 Å². The first kappa shape index (κ1) is 43.5. The SMILES string of the molecule is NC(=S)c1cccc(-c2cn(C3CCOCC3)c3cc(NC(=O)CCOCCOCCOCCOCCOc4cccc5c4C(=O)N(C4CCC(=O)NC4=O)C5=O)ccc23)c1. The summed E-state index contributed by atoms with van der Waals surface area (Å²) in [7, 11) is 0. The molecule has 16 nitrogen and oxygen atoms in total. The van der Waals surface area contributed by atoms with E-state index >= 15 is 0 Å². The van der Waals surface area contributed by atoms with Crippen molar-refractivity contribution in [2.24, 2.45) is 5.73 Å². The van der Waals surface area contributed by atoms with Crippen molar-refractivity contribution in [2.45, 2.75) is 44.2 Å². The Hall–Kier alpha value is -5.56. The van der Waals surface area contributed by atoms with E-state index in [0.717, 1.165) is 45.3 Å². The molecule has 17 heteroatoms. The Bertz CT molecular complexity index is 2270. The van der Waals surface area contributed by atoms with Crippen molar-refractivity contribution in [3.63, 3.8) is 0 Å². The number of rotatable bonds is 21. The maximum Gasteiger partial charge on any atom is 0.266 e. The van der Waals surface area contributed by atoms with E-state index in [0.29, 0.717) is 63.5 Å². The highest BCUT2D eigenvalue weighted by atomic mass is 32.1. The van der Waals surface area contributed by atoms with Gasteiger partial charge in [0.2, 0.25) is 17.7 Å². The Morgan fingerprint density at radius 2 is 1.49 bits per heavy atom. The Morgan fingerprint density at radius 3 is 2.20 bits per heavy atom. The Balaban J connectivity index is 0.749. The largest absolute Gasteiger partial charge is 0.490 e. The van der Waals surface area contributed by atoms with Crippen LogP contribution in [0, 0.1) is 0 Å². The van der Waals surface area contributed by atoms with Crippen molar-refractivity contribution in [3.8, 4) is 16.9 Å². The summed E-state index contributed by atoms with van der Waals surface area (Å²) >= 11 is 5.23. The smallest absolute Gasteiger partial charge is 0.266 e. The molecule has 1 aromatic heterocycles. The first-order chi connectivity index (χ1) is 29.7. The molecule has 3 aromatic carbocycles. The number of ether oxygens (including phenoxy) is 6. The predicted octanol–water partition coefficient (Wildman–Crippen LogP) is 4.17. The lowest BCUT2D eigenvalue weighted by Crippen LogP contribution is -2.54. The molecule has 0 bridgehead atoms. The molecule has 0 spiro atoms. The zero-order chi connectivity index (χ0) is 42.7. The normalized spacial score (nSPS) is 16.9. The predicted molar refractivity (Wildman–Crippen MR) is 227 cm³/mol. The number of fused-ring (bicyclic) bond motifs is 2. The van der Waals surface area contributed by atoms with Gasteiger partial charge in [-0.1, -0.05) is 42.5 Å². The maximum atomic E-state index is 13.2. The van der Waals surface area contributed by atoms with Crippen molar-refractivity contribution in [3.05, 3.63) is 83.6 Å². The van der Waals surface area contributed by atoms with Gasteiger partial charge < -0.3 is 44.0 Å². The molecule has 322 valence electrons. The van der Waals surface area contributed by atoms with Crippen LogP contribution in [0.25, 0.3) is 22.0 Å². The molecule has 1 atom stereocenters. The molecule has 1 unspecified atom stereocenters. The lowest BCUT2D eigenvalue weighted by molar-refractivity contribution is -0.136. The van der Waals surface area contributed by atoms with Crippen LogP contribution in [0.3, 0.4) is 0 Å². The van der Waals surface area contributed by atoms with E-state index in [1.54, 1.807) is 12.1 Å². The third-order valence-electron chi connectivity index (χ3n) is 10.7. The Morgan fingerprint density at radius 1 is 0.803 bits per heavy atom. The number of anilines is 1. The number of carbonyl (C=O) groups is 5. The number of nitrogens with one attached hydrogen (secondary N) is 2. The van der Waals surface area contributed by atoms with Gasteiger partial charge in [0, 0.05) is 54.1 Å². The highest BCUT2D eigenvalue weighted by Crippen LogP contribution is 2.37. The minimum atomic E-state index is -1.05. The molecule has 2 fully saturated rings. The first-order valence-electron chi connectivity index (χ1n) is 20.4. The summed E-state index contributed by atoms with van der Waals surface area (Å²) in [6.45, 7) is 4.02. The van der Waals surface area contributed by atoms with Gasteiger partial charge in [-0.25, -0.2) is 0 Å². The molecule has 3 aliphatic heterocycles. The second kappa shape index (κ2) is 20.8. The lowest BCUT2D eigenvalue weighted by Gasteiger charge is -2.27. The number of thiocarbonyl (C=S) groups is 1. The summed E-state index contributed by atoms with van der Waals surface area (Å²) in [5.41, 5.74) is 10.8. The number of nitrogens with two attached hydrogens (primary N) is 1. The van der Waals surface area contributed by atoms with Gasteiger partial charge in [-0.2, -0.15) is 0 Å². The molecule has 4 aromatic rings. The third-order valence-corrected chi connectivity index (χ3v) is 10.9. The number of carbonyl (C=O) groups excluding carboxylic acids is 5. The fraction of sp³-hybridized carbons (Fsp3) is 0.409. The number of amides is 5. The van der Waals surface area contributed by atoms with Gasteiger partial charge in [0.1, 0.15) is 23.4 Å². The van der Waals surface area contributed by atoms with Crippen molar-refractivity contribution in [2.75, 3.05) is 78.0 Å². The summed E-state index contributed by atoms with van der Waals surface area (Å²) in [5, 5.41) is 6.28. The molecule has 3 aliphatic rings. The van der Waals surface area contributed by atoms with Gasteiger partial charge in [-0.3, -0.25) is 34.2 Å². The van der Waals surface area contributed by atoms with E-state index in [2.05, 4.69) is 27.5 Å². The Kier molecular flexibility index (Phi) is 14.8. The average Bonchev–Trinajstić information content (AvgIpc) is 3.76. The van der Waals surface area contributed by atoms with Crippen LogP contribution in [0.1, 0.15) is 64.4 Å². The summed E-state index contributed by atoms with van der Waals surface area (Å²) in [6.07, 6.45) is 4.30. The van der Waals surface area contributed by atoms with Gasteiger partial charge in [0.05, 0.1) is 75.9 Å². The molecular formula is C44H49N5O11S. The molecule has 0 saturated carbocycles. The van der Waals surface area contributed by atoms with E-state index in [9.17, 15) is 24.0 Å². The molecule has 0 aliphatic carbocycles. The van der Waals surface area contributed by atoms with Gasteiger partial charge in [-0.05, 0) is 55.2 Å². The third kappa shape index (κ3) is 10.7.